The van der Waals surface area contributed by atoms with Gasteiger partial charge in [-0.05, 0) is 74.2 Å². The Hall–Kier alpha value is -2.88. The first kappa shape index (κ1) is 37.3. The van der Waals surface area contributed by atoms with E-state index >= 15 is 0 Å². The van der Waals surface area contributed by atoms with E-state index in [1.54, 1.807) is 0 Å². The van der Waals surface area contributed by atoms with Crippen molar-refractivity contribution in [2.24, 2.45) is 0 Å². The monoisotopic (exact) mass is 658 g/mol. The maximum atomic E-state index is 12.2. The zero-order chi connectivity index (χ0) is 33.0. The van der Waals surface area contributed by atoms with Crippen molar-refractivity contribution in [2.45, 2.75) is 61.2 Å². The molecule has 0 aromatic heterocycles. The summed E-state index contributed by atoms with van der Waals surface area (Å²) in [5.41, 5.74) is 0. The largest absolute Gasteiger partial charge is 0.427 e. The van der Waals surface area contributed by atoms with Gasteiger partial charge < -0.3 is 18.4 Å². The summed E-state index contributed by atoms with van der Waals surface area (Å²) in [6.07, 6.45) is 6.16. The van der Waals surface area contributed by atoms with Gasteiger partial charge in [0.2, 0.25) is 0 Å². The van der Waals surface area contributed by atoms with E-state index in [0.29, 0.717) is 12.8 Å². The van der Waals surface area contributed by atoms with Crippen molar-refractivity contribution in [3.05, 3.63) is 48.5 Å². The van der Waals surface area contributed by atoms with Gasteiger partial charge in [-0.25, -0.2) is 0 Å². The van der Waals surface area contributed by atoms with Crippen LogP contribution in [0.1, 0.15) is 51.4 Å². The molecule has 44 heavy (non-hydrogen) atoms. The molecule has 0 fully saturated rings. The number of quaternary nitrogens is 2. The summed E-state index contributed by atoms with van der Waals surface area (Å²) in [5.74, 6) is -0.333. The van der Waals surface area contributed by atoms with Gasteiger partial charge in [0, 0.05) is 12.8 Å². The Kier molecular flexibility index (Phi) is 13.9. The van der Waals surface area contributed by atoms with Crippen LogP contribution in [0.5, 0.6) is 11.5 Å². The molecule has 2 aromatic carbocycles. The first-order valence-corrected chi connectivity index (χ1v) is 17.4. The van der Waals surface area contributed by atoms with E-state index in [0.717, 1.165) is 60.8 Å². The molecule has 0 radical (unpaired) electrons. The number of unbranched alkanes of at least 4 members (excludes halogenated alkanes) is 3. The summed E-state index contributed by atoms with van der Waals surface area (Å²) in [5, 5.41) is 0. The maximum Gasteiger partial charge on any atom is 0.311 e. The minimum atomic E-state index is -4.29. The molecular weight excluding hydrogens is 612 g/mol. The van der Waals surface area contributed by atoms with Crippen LogP contribution in [-0.4, -0.2) is 101 Å². The van der Waals surface area contributed by atoms with E-state index in [4.69, 9.17) is 18.6 Å². The Balaban J connectivity index is 1.56. The second-order valence-corrected chi connectivity index (χ2v) is 15.1. The molecule has 0 aliphatic rings. The van der Waals surface area contributed by atoms with E-state index in [1.165, 1.54) is 48.5 Å². The average Bonchev–Trinajstić information content (AvgIpc) is 2.90. The Morgan fingerprint density at radius 2 is 0.841 bits per heavy atom. The molecule has 0 amide bonds. The van der Waals surface area contributed by atoms with Crippen LogP contribution in [0.2, 0.25) is 0 Å². The molecule has 0 saturated heterocycles. The van der Waals surface area contributed by atoms with Gasteiger partial charge in [0.25, 0.3) is 20.2 Å². The van der Waals surface area contributed by atoms with Gasteiger partial charge in [-0.15, -0.1) is 0 Å². The quantitative estimate of drug-likeness (QED) is 0.0743. The zero-order valence-electron chi connectivity index (χ0n) is 26.0. The third-order valence-electron chi connectivity index (χ3n) is 7.27. The lowest BCUT2D eigenvalue weighted by Crippen LogP contribution is -2.42. The van der Waals surface area contributed by atoms with Crippen molar-refractivity contribution >= 4 is 32.2 Å². The summed E-state index contributed by atoms with van der Waals surface area (Å²) < 4.78 is 74.6. The van der Waals surface area contributed by atoms with Crippen LogP contribution in [0.4, 0.5) is 0 Å². The number of ether oxygens (including phenoxy) is 2. The van der Waals surface area contributed by atoms with Crippen LogP contribution >= 0.6 is 0 Å². The van der Waals surface area contributed by atoms with Crippen molar-refractivity contribution in [1.82, 2.24) is 0 Å². The van der Waals surface area contributed by atoms with Crippen molar-refractivity contribution < 1.29 is 54.0 Å². The Morgan fingerprint density at radius 3 is 1.14 bits per heavy atom. The van der Waals surface area contributed by atoms with E-state index in [9.17, 15) is 26.4 Å². The van der Waals surface area contributed by atoms with Crippen molar-refractivity contribution in [2.75, 3.05) is 54.4 Å². The number of carbonyl (C=O) groups excluding carboxylic acids is 2. The van der Waals surface area contributed by atoms with E-state index in [2.05, 4.69) is 28.2 Å². The van der Waals surface area contributed by atoms with Crippen LogP contribution in [-0.2, 0) is 29.8 Å². The molecule has 12 nitrogen and oxygen atoms in total. The SMILES string of the molecule is C[N+](C)(CCCCCC[N+](C)(C)CCCC(=O)Oc1ccc(S(=O)(=O)O)cc1)CCCC(=O)Oc1ccc(S(=O)(=O)O)cc1. The second-order valence-electron chi connectivity index (χ2n) is 12.2. The molecule has 0 saturated carbocycles. The highest BCUT2D eigenvalue weighted by Crippen LogP contribution is 2.18. The van der Waals surface area contributed by atoms with Crippen LogP contribution in [0.3, 0.4) is 0 Å². The van der Waals surface area contributed by atoms with Crippen LogP contribution in [0, 0.1) is 0 Å². The standard InChI is InChI=1S/C30H44N2O10S2/c1-31(2,23-9-11-29(33)41-25-13-17-27(18-14-25)43(35,36)37)21-7-5-6-8-22-32(3,4)24-10-12-30(34)42-26-15-19-28(20-16-26)44(38,39)40/h13-20H,5-12,21-24H2,1-4H3/p+2. The lowest BCUT2D eigenvalue weighted by atomic mass is 10.1. The fraction of sp³-hybridized carbons (Fsp3) is 0.533. The molecule has 0 aliphatic carbocycles. The minimum Gasteiger partial charge on any atom is -0.427 e. The van der Waals surface area contributed by atoms with Crippen molar-refractivity contribution in [3.63, 3.8) is 0 Å². The summed E-state index contributed by atoms with van der Waals surface area (Å²) >= 11 is 0. The first-order chi connectivity index (χ1) is 20.4. The van der Waals surface area contributed by atoms with Gasteiger partial charge in [0.1, 0.15) is 11.5 Å². The van der Waals surface area contributed by atoms with Crippen LogP contribution in [0.15, 0.2) is 58.3 Å². The Morgan fingerprint density at radius 1 is 0.545 bits per heavy atom. The summed E-state index contributed by atoms with van der Waals surface area (Å²) in [6, 6.07) is 10.1. The smallest absolute Gasteiger partial charge is 0.311 e. The lowest BCUT2D eigenvalue weighted by molar-refractivity contribution is -0.891. The Labute approximate surface area is 261 Å². The fourth-order valence-electron chi connectivity index (χ4n) is 4.68. The molecule has 0 spiro atoms. The predicted octanol–water partition coefficient (Wildman–Crippen LogP) is 3.96. The molecule has 0 unspecified atom stereocenters. The van der Waals surface area contributed by atoms with Gasteiger partial charge in [-0.2, -0.15) is 16.8 Å². The minimum absolute atomic E-state index is 0.227. The molecule has 0 bridgehead atoms. The molecule has 2 rings (SSSR count). The average molecular weight is 659 g/mol. The number of nitrogens with zero attached hydrogens (tertiary/aromatic N) is 2. The fourth-order valence-corrected chi connectivity index (χ4v) is 5.64. The van der Waals surface area contributed by atoms with E-state index < -0.39 is 32.2 Å². The molecule has 0 heterocycles. The van der Waals surface area contributed by atoms with Gasteiger partial charge in [0.05, 0.1) is 77.0 Å². The van der Waals surface area contributed by atoms with Crippen LogP contribution in [0.25, 0.3) is 0 Å². The summed E-state index contributed by atoms with van der Waals surface area (Å²) in [6.45, 7) is 3.62. The lowest BCUT2D eigenvalue weighted by Gasteiger charge is -2.30. The number of rotatable bonds is 19. The molecule has 2 aromatic rings. The maximum absolute atomic E-state index is 12.2. The molecular formula is C30H46N2O10S2+2. The zero-order valence-corrected chi connectivity index (χ0v) is 27.6. The number of carbonyl (C=O) groups is 2. The summed E-state index contributed by atoms with van der Waals surface area (Å²) in [4.78, 5) is 23.8. The van der Waals surface area contributed by atoms with E-state index in [-0.39, 0.29) is 34.1 Å². The number of hydrogen-bond acceptors (Lipinski definition) is 8. The number of esters is 2. The second kappa shape index (κ2) is 16.4. The molecule has 0 aliphatic heterocycles. The van der Waals surface area contributed by atoms with Crippen molar-refractivity contribution in [1.29, 1.82) is 0 Å². The third-order valence-corrected chi connectivity index (χ3v) is 9.01. The van der Waals surface area contributed by atoms with Gasteiger partial charge in [-0.3, -0.25) is 18.7 Å². The third kappa shape index (κ3) is 14.7. The highest BCUT2D eigenvalue weighted by Gasteiger charge is 2.18. The van der Waals surface area contributed by atoms with Gasteiger partial charge in [-0.1, -0.05) is 0 Å². The van der Waals surface area contributed by atoms with Crippen LogP contribution < -0.4 is 9.47 Å². The number of hydrogen-bond donors (Lipinski definition) is 2. The molecule has 14 heteroatoms. The molecule has 246 valence electrons. The molecule has 0 atom stereocenters. The van der Waals surface area contributed by atoms with E-state index in [1.807, 2.05) is 0 Å². The normalized spacial score (nSPS) is 12.6. The van der Waals surface area contributed by atoms with Gasteiger partial charge >= 0.3 is 11.9 Å². The Bertz CT molecular complexity index is 1330. The highest BCUT2D eigenvalue weighted by atomic mass is 32.2. The van der Waals surface area contributed by atoms with Crippen molar-refractivity contribution in [3.8, 4) is 11.5 Å². The topological polar surface area (TPSA) is 161 Å². The summed E-state index contributed by atoms with van der Waals surface area (Å²) in [7, 11) is -0.0298. The predicted molar refractivity (Wildman–Crippen MR) is 164 cm³/mol. The highest BCUT2D eigenvalue weighted by molar-refractivity contribution is 7.86. The van der Waals surface area contributed by atoms with Gasteiger partial charge in [0.15, 0.2) is 0 Å². The molecule has 2 N–H and O–H groups in total. The first-order valence-electron chi connectivity index (χ1n) is 14.6. The number of benzene rings is 2.